The lowest BCUT2D eigenvalue weighted by molar-refractivity contribution is -0.142. The second-order valence-electron chi connectivity index (χ2n) is 7.61. The van der Waals surface area contributed by atoms with Crippen LogP contribution >= 0.6 is 11.8 Å². The Morgan fingerprint density at radius 1 is 1.38 bits per heavy atom. The molecule has 0 aromatic rings. The Morgan fingerprint density at radius 2 is 2.12 bits per heavy atom. The summed E-state index contributed by atoms with van der Waals surface area (Å²) < 4.78 is 11.3. The first-order valence-corrected chi connectivity index (χ1v) is 9.50. The molecule has 1 fully saturated rings. The maximum Gasteiger partial charge on any atom is 0.411 e. The molecule has 3 aliphatic rings. The summed E-state index contributed by atoms with van der Waals surface area (Å²) in [6.45, 7) is 7.42. The van der Waals surface area contributed by atoms with Crippen LogP contribution in [0.5, 0.6) is 0 Å². The highest BCUT2D eigenvalue weighted by Crippen LogP contribution is 2.33. The van der Waals surface area contributed by atoms with E-state index in [0.29, 0.717) is 11.0 Å². The SMILES string of the molecule is CC1=NC2C=C(O[C@@H]3C[C@@H](C(=O)O)N(C(=O)OC(C)(C)C)C3)C=CC2S1. The first-order valence-electron chi connectivity index (χ1n) is 8.62. The molecule has 0 spiro atoms. The third-order valence-corrected chi connectivity index (χ3v) is 5.39. The van der Waals surface area contributed by atoms with Gasteiger partial charge in [-0.1, -0.05) is 6.08 Å². The average Bonchev–Trinajstić information content (AvgIpc) is 3.08. The minimum Gasteiger partial charge on any atom is -0.489 e. The standard InChI is InChI=1S/C18H24N2O5S/c1-10-19-13-7-11(5-6-15(13)26-10)24-12-8-14(16(21)22)20(9-12)17(23)25-18(2,3)4/h5-7,12-15H,8-9H2,1-4H3,(H,21,22)/t12-,13?,14+,15?/m1/s1. The van der Waals surface area contributed by atoms with E-state index >= 15 is 0 Å². The molecule has 0 aromatic carbocycles. The third kappa shape index (κ3) is 4.23. The molecule has 1 N–H and O–H groups in total. The van der Waals surface area contributed by atoms with Gasteiger partial charge in [-0.2, -0.15) is 0 Å². The first kappa shape index (κ1) is 18.8. The van der Waals surface area contributed by atoms with Crippen molar-refractivity contribution < 1.29 is 24.2 Å². The number of ether oxygens (including phenoxy) is 2. The van der Waals surface area contributed by atoms with E-state index in [2.05, 4.69) is 11.1 Å². The molecule has 3 rings (SSSR count). The van der Waals surface area contributed by atoms with E-state index in [1.54, 1.807) is 32.5 Å². The van der Waals surface area contributed by atoms with E-state index in [1.807, 2.05) is 19.1 Å². The number of allylic oxidation sites excluding steroid dienone is 1. The number of likely N-dealkylation sites (tertiary alicyclic amines) is 1. The highest BCUT2D eigenvalue weighted by atomic mass is 32.2. The molecule has 0 aromatic heterocycles. The molecule has 0 bridgehead atoms. The topological polar surface area (TPSA) is 88.4 Å². The predicted molar refractivity (Wildman–Crippen MR) is 99.4 cm³/mol. The van der Waals surface area contributed by atoms with E-state index in [-0.39, 0.29) is 19.0 Å². The number of amides is 1. The normalized spacial score (nSPS) is 30.5. The molecule has 4 atom stereocenters. The van der Waals surface area contributed by atoms with Gasteiger partial charge in [0.25, 0.3) is 0 Å². The minimum atomic E-state index is -1.05. The molecule has 1 aliphatic carbocycles. The van der Waals surface area contributed by atoms with Gasteiger partial charge in [0.2, 0.25) is 0 Å². The monoisotopic (exact) mass is 380 g/mol. The number of thioether (sulfide) groups is 1. The lowest BCUT2D eigenvalue weighted by Gasteiger charge is -2.26. The number of carboxylic acid groups (broad SMARTS) is 1. The van der Waals surface area contributed by atoms with Crippen LogP contribution in [0.1, 0.15) is 34.1 Å². The molecule has 1 amide bonds. The van der Waals surface area contributed by atoms with Gasteiger partial charge in [0.15, 0.2) is 0 Å². The van der Waals surface area contributed by atoms with Gasteiger partial charge in [-0.25, -0.2) is 9.59 Å². The zero-order valence-corrected chi connectivity index (χ0v) is 16.2. The number of carboxylic acids is 1. The van der Waals surface area contributed by atoms with Crippen LogP contribution in [0, 0.1) is 0 Å². The van der Waals surface area contributed by atoms with Gasteiger partial charge in [-0.3, -0.25) is 9.89 Å². The Balaban J connectivity index is 1.67. The van der Waals surface area contributed by atoms with Gasteiger partial charge in [0, 0.05) is 6.42 Å². The molecule has 26 heavy (non-hydrogen) atoms. The van der Waals surface area contributed by atoms with Crippen LogP contribution in [0.15, 0.2) is 29.0 Å². The van der Waals surface area contributed by atoms with Crippen LogP contribution in [0.25, 0.3) is 0 Å². The summed E-state index contributed by atoms with van der Waals surface area (Å²) in [6, 6.07) is -0.892. The fourth-order valence-corrected chi connectivity index (χ4v) is 4.20. The molecule has 8 heteroatoms. The van der Waals surface area contributed by atoms with Gasteiger partial charge in [-0.15, -0.1) is 11.8 Å². The summed E-state index contributed by atoms with van der Waals surface area (Å²) in [5.74, 6) is -0.381. The largest absolute Gasteiger partial charge is 0.489 e. The second kappa shape index (κ2) is 6.98. The number of nitrogens with zero attached hydrogens (tertiary/aromatic N) is 2. The van der Waals surface area contributed by atoms with Crippen molar-refractivity contribution in [3.63, 3.8) is 0 Å². The molecule has 2 heterocycles. The van der Waals surface area contributed by atoms with Crippen LogP contribution in [0.2, 0.25) is 0 Å². The first-order chi connectivity index (χ1) is 12.1. The summed E-state index contributed by atoms with van der Waals surface area (Å²) in [4.78, 5) is 29.7. The lowest BCUT2D eigenvalue weighted by Crippen LogP contribution is -2.43. The number of hydrogen-bond acceptors (Lipinski definition) is 6. The van der Waals surface area contributed by atoms with Crippen LogP contribution in [0.4, 0.5) is 4.79 Å². The molecule has 1 saturated heterocycles. The van der Waals surface area contributed by atoms with Crippen molar-refractivity contribution in [1.29, 1.82) is 0 Å². The van der Waals surface area contributed by atoms with Crippen molar-refractivity contribution >= 4 is 28.9 Å². The highest BCUT2D eigenvalue weighted by molar-refractivity contribution is 8.14. The molecular formula is C18H24N2O5S. The van der Waals surface area contributed by atoms with Crippen molar-refractivity contribution in [2.75, 3.05) is 6.54 Å². The summed E-state index contributed by atoms with van der Waals surface area (Å²) in [5, 5.41) is 10.8. The zero-order chi connectivity index (χ0) is 19.1. The maximum absolute atomic E-state index is 12.3. The minimum absolute atomic E-state index is 0.0543. The molecule has 0 saturated carbocycles. The maximum atomic E-state index is 12.3. The molecule has 0 radical (unpaired) electrons. The predicted octanol–water partition coefficient (Wildman–Crippen LogP) is 2.82. The zero-order valence-electron chi connectivity index (χ0n) is 15.3. The van der Waals surface area contributed by atoms with Crippen LogP contribution in [-0.4, -0.2) is 62.7 Å². The lowest BCUT2D eigenvalue weighted by atomic mass is 10.1. The summed E-state index contributed by atoms with van der Waals surface area (Å²) in [7, 11) is 0. The van der Waals surface area contributed by atoms with Crippen LogP contribution in [0.3, 0.4) is 0 Å². The number of carbonyl (C=O) groups excluding carboxylic acids is 1. The van der Waals surface area contributed by atoms with Crippen molar-refractivity contribution in [3.05, 3.63) is 24.0 Å². The average molecular weight is 380 g/mol. The Kier molecular flexibility index (Phi) is 5.05. The Bertz CT molecular complexity index is 694. The Labute approximate surface area is 157 Å². The number of aliphatic carboxylic acids is 1. The Morgan fingerprint density at radius 3 is 2.77 bits per heavy atom. The van der Waals surface area contributed by atoms with Crippen molar-refractivity contribution in [2.24, 2.45) is 4.99 Å². The fraction of sp³-hybridized carbons (Fsp3) is 0.611. The summed E-state index contributed by atoms with van der Waals surface area (Å²) in [5.41, 5.74) is -0.682. The van der Waals surface area contributed by atoms with E-state index in [0.717, 1.165) is 5.04 Å². The molecule has 2 aliphatic heterocycles. The van der Waals surface area contributed by atoms with Gasteiger partial charge in [-0.05, 0) is 39.8 Å². The van der Waals surface area contributed by atoms with Gasteiger partial charge >= 0.3 is 12.1 Å². The summed E-state index contributed by atoms with van der Waals surface area (Å²) in [6.07, 6.45) is 5.12. The van der Waals surface area contributed by atoms with Crippen molar-refractivity contribution in [1.82, 2.24) is 4.90 Å². The Hall–Kier alpha value is -1.96. The molecule has 7 nitrogen and oxygen atoms in total. The van der Waals surface area contributed by atoms with Crippen LogP contribution < -0.4 is 0 Å². The van der Waals surface area contributed by atoms with Gasteiger partial charge in [0.05, 0.1) is 22.9 Å². The van der Waals surface area contributed by atoms with E-state index in [1.165, 1.54) is 4.90 Å². The van der Waals surface area contributed by atoms with Crippen LogP contribution in [-0.2, 0) is 14.3 Å². The second-order valence-corrected chi connectivity index (χ2v) is 8.98. The van der Waals surface area contributed by atoms with E-state index in [9.17, 15) is 14.7 Å². The summed E-state index contributed by atoms with van der Waals surface area (Å²) >= 11 is 1.72. The smallest absolute Gasteiger partial charge is 0.411 e. The fourth-order valence-electron chi connectivity index (χ4n) is 3.19. The quantitative estimate of drug-likeness (QED) is 0.810. The number of aliphatic imine (C=N–C) groups is 1. The highest BCUT2D eigenvalue weighted by Gasteiger charge is 2.43. The van der Waals surface area contributed by atoms with E-state index < -0.39 is 29.8 Å². The molecule has 2 unspecified atom stereocenters. The number of fused-ring (bicyclic) bond motifs is 1. The van der Waals surface area contributed by atoms with Crippen molar-refractivity contribution in [3.8, 4) is 0 Å². The molecule has 142 valence electrons. The van der Waals surface area contributed by atoms with E-state index in [4.69, 9.17) is 9.47 Å². The number of hydrogen-bond donors (Lipinski definition) is 1. The van der Waals surface area contributed by atoms with Crippen molar-refractivity contribution in [2.45, 2.75) is 63.2 Å². The molecular weight excluding hydrogens is 356 g/mol. The number of rotatable bonds is 3. The van der Waals surface area contributed by atoms with Gasteiger partial charge in [0.1, 0.15) is 23.5 Å². The van der Waals surface area contributed by atoms with Gasteiger partial charge < -0.3 is 14.6 Å². The third-order valence-electron chi connectivity index (χ3n) is 4.24. The number of carbonyl (C=O) groups is 2.